The van der Waals surface area contributed by atoms with Crippen molar-refractivity contribution in [3.63, 3.8) is 0 Å². The molecule has 0 spiro atoms. The first-order valence-corrected chi connectivity index (χ1v) is 6.58. The van der Waals surface area contributed by atoms with Crippen molar-refractivity contribution in [1.82, 2.24) is 9.78 Å². The molecule has 0 aliphatic rings. The number of aryl methyl sites for hydroxylation is 1. The van der Waals surface area contributed by atoms with Gasteiger partial charge in [-0.2, -0.15) is 5.10 Å². The number of benzene rings is 2. The maximum atomic E-state index is 11.0. The lowest BCUT2D eigenvalue weighted by molar-refractivity contribution is 0.0685. The average Bonchev–Trinajstić information content (AvgIpc) is 2.90. The molecule has 0 aliphatic heterocycles. The predicted octanol–water partition coefficient (Wildman–Crippen LogP) is 3.45. The van der Waals surface area contributed by atoms with Crippen LogP contribution < -0.4 is 0 Å². The van der Waals surface area contributed by atoms with Crippen LogP contribution in [0.15, 0.2) is 60.7 Å². The maximum absolute atomic E-state index is 11.0. The van der Waals surface area contributed by atoms with Gasteiger partial charge < -0.3 is 5.11 Å². The SMILES string of the molecule is Cn1nc(-c2ccc(-c3ccccc3)cc2)cc1C(=O)O. The topological polar surface area (TPSA) is 55.1 Å². The van der Waals surface area contributed by atoms with Crippen LogP contribution in [0.5, 0.6) is 0 Å². The Morgan fingerprint density at radius 3 is 2.10 bits per heavy atom. The fourth-order valence-electron chi connectivity index (χ4n) is 2.27. The molecule has 0 aliphatic carbocycles. The van der Waals surface area contributed by atoms with Crippen LogP contribution in [-0.4, -0.2) is 20.9 Å². The van der Waals surface area contributed by atoms with E-state index in [0.717, 1.165) is 16.7 Å². The molecule has 0 saturated heterocycles. The van der Waals surface area contributed by atoms with Crippen molar-refractivity contribution in [2.24, 2.45) is 7.05 Å². The van der Waals surface area contributed by atoms with Gasteiger partial charge in [0.1, 0.15) is 5.69 Å². The number of carboxylic acid groups (broad SMARTS) is 1. The molecule has 104 valence electrons. The van der Waals surface area contributed by atoms with Crippen molar-refractivity contribution in [3.05, 3.63) is 66.4 Å². The molecule has 0 radical (unpaired) electrons. The summed E-state index contributed by atoms with van der Waals surface area (Å²) in [6.07, 6.45) is 0. The van der Waals surface area contributed by atoms with Crippen molar-refractivity contribution in [2.45, 2.75) is 0 Å². The van der Waals surface area contributed by atoms with Gasteiger partial charge in [0.2, 0.25) is 0 Å². The predicted molar refractivity (Wildman–Crippen MR) is 81.0 cm³/mol. The summed E-state index contributed by atoms with van der Waals surface area (Å²) >= 11 is 0. The number of aromatic nitrogens is 2. The lowest BCUT2D eigenvalue weighted by Gasteiger charge is -2.02. The van der Waals surface area contributed by atoms with Crippen molar-refractivity contribution in [2.75, 3.05) is 0 Å². The number of carboxylic acids is 1. The van der Waals surface area contributed by atoms with Gasteiger partial charge in [-0.1, -0.05) is 54.6 Å². The fraction of sp³-hybridized carbons (Fsp3) is 0.0588. The van der Waals surface area contributed by atoms with Crippen LogP contribution in [0.1, 0.15) is 10.5 Å². The Labute approximate surface area is 122 Å². The second kappa shape index (κ2) is 5.25. The zero-order valence-corrected chi connectivity index (χ0v) is 11.5. The van der Waals surface area contributed by atoms with Crippen LogP contribution in [0.3, 0.4) is 0 Å². The number of aromatic carboxylic acids is 1. The van der Waals surface area contributed by atoms with Gasteiger partial charge in [-0.25, -0.2) is 4.79 Å². The van der Waals surface area contributed by atoms with Crippen LogP contribution in [0.25, 0.3) is 22.4 Å². The highest BCUT2D eigenvalue weighted by Gasteiger charge is 2.12. The molecule has 0 atom stereocenters. The first-order valence-electron chi connectivity index (χ1n) is 6.58. The van der Waals surface area contributed by atoms with Gasteiger partial charge in [0, 0.05) is 12.6 Å². The summed E-state index contributed by atoms with van der Waals surface area (Å²) in [6, 6.07) is 19.6. The number of carbonyl (C=O) groups is 1. The molecule has 2 aromatic carbocycles. The Morgan fingerprint density at radius 2 is 1.52 bits per heavy atom. The highest BCUT2D eigenvalue weighted by atomic mass is 16.4. The lowest BCUT2D eigenvalue weighted by Crippen LogP contribution is -2.04. The molecular weight excluding hydrogens is 264 g/mol. The molecule has 21 heavy (non-hydrogen) atoms. The van der Waals surface area contributed by atoms with Crippen LogP contribution in [0.2, 0.25) is 0 Å². The van der Waals surface area contributed by atoms with Crippen molar-refractivity contribution in [1.29, 1.82) is 0 Å². The monoisotopic (exact) mass is 278 g/mol. The first-order chi connectivity index (χ1) is 10.1. The van der Waals surface area contributed by atoms with Gasteiger partial charge in [0.15, 0.2) is 0 Å². The van der Waals surface area contributed by atoms with Gasteiger partial charge in [-0.3, -0.25) is 4.68 Å². The molecule has 4 nitrogen and oxygen atoms in total. The number of hydrogen-bond donors (Lipinski definition) is 1. The van der Waals surface area contributed by atoms with E-state index in [1.165, 1.54) is 4.68 Å². The van der Waals surface area contributed by atoms with Crippen LogP contribution in [0, 0.1) is 0 Å². The Bertz CT molecular complexity index is 774. The first kappa shape index (κ1) is 13.1. The smallest absolute Gasteiger partial charge is 0.354 e. The quantitative estimate of drug-likeness (QED) is 0.798. The van der Waals surface area contributed by atoms with Crippen LogP contribution in [0.4, 0.5) is 0 Å². The third-order valence-electron chi connectivity index (χ3n) is 3.39. The van der Waals surface area contributed by atoms with E-state index in [1.807, 2.05) is 42.5 Å². The summed E-state index contributed by atoms with van der Waals surface area (Å²) in [5, 5.41) is 13.3. The summed E-state index contributed by atoms with van der Waals surface area (Å²) in [6.45, 7) is 0. The van der Waals surface area contributed by atoms with E-state index in [9.17, 15) is 4.79 Å². The normalized spacial score (nSPS) is 10.5. The Morgan fingerprint density at radius 1 is 0.952 bits per heavy atom. The van der Waals surface area contributed by atoms with Gasteiger partial charge in [-0.05, 0) is 17.2 Å². The van der Waals surface area contributed by atoms with E-state index in [-0.39, 0.29) is 5.69 Å². The van der Waals surface area contributed by atoms with E-state index in [0.29, 0.717) is 5.69 Å². The van der Waals surface area contributed by atoms with Crippen molar-refractivity contribution in [3.8, 4) is 22.4 Å². The van der Waals surface area contributed by atoms with Gasteiger partial charge in [0.05, 0.1) is 5.69 Å². The second-order valence-corrected chi connectivity index (χ2v) is 4.79. The number of rotatable bonds is 3. The van der Waals surface area contributed by atoms with Crippen LogP contribution in [-0.2, 0) is 7.05 Å². The van der Waals surface area contributed by atoms with E-state index in [2.05, 4.69) is 17.2 Å². The molecule has 1 heterocycles. The molecule has 0 fully saturated rings. The number of nitrogens with zero attached hydrogens (tertiary/aromatic N) is 2. The second-order valence-electron chi connectivity index (χ2n) is 4.79. The Hall–Kier alpha value is -2.88. The zero-order valence-electron chi connectivity index (χ0n) is 11.5. The Kier molecular flexibility index (Phi) is 3.28. The van der Waals surface area contributed by atoms with E-state index >= 15 is 0 Å². The highest BCUT2D eigenvalue weighted by molar-refractivity contribution is 5.87. The third kappa shape index (κ3) is 2.56. The molecule has 1 N–H and O–H groups in total. The van der Waals surface area contributed by atoms with E-state index in [1.54, 1.807) is 13.1 Å². The standard InChI is InChI=1S/C17H14N2O2/c1-19-16(17(20)21)11-15(18-19)14-9-7-13(8-10-14)12-5-3-2-4-6-12/h2-11H,1H3,(H,20,21). The van der Waals surface area contributed by atoms with Gasteiger partial charge in [-0.15, -0.1) is 0 Å². The third-order valence-corrected chi connectivity index (χ3v) is 3.39. The van der Waals surface area contributed by atoms with E-state index < -0.39 is 5.97 Å². The summed E-state index contributed by atoms with van der Waals surface area (Å²) in [5.74, 6) is -0.975. The Balaban J connectivity index is 1.94. The molecule has 3 aromatic rings. The van der Waals surface area contributed by atoms with Gasteiger partial charge in [0.25, 0.3) is 0 Å². The summed E-state index contributed by atoms with van der Waals surface area (Å²) in [7, 11) is 1.63. The van der Waals surface area contributed by atoms with Crippen LogP contribution >= 0.6 is 0 Å². The summed E-state index contributed by atoms with van der Waals surface area (Å²) in [4.78, 5) is 11.0. The lowest BCUT2D eigenvalue weighted by atomic mass is 10.0. The molecule has 0 saturated carbocycles. The zero-order chi connectivity index (χ0) is 14.8. The minimum atomic E-state index is -0.975. The minimum Gasteiger partial charge on any atom is -0.477 e. The highest BCUT2D eigenvalue weighted by Crippen LogP contribution is 2.24. The summed E-state index contributed by atoms with van der Waals surface area (Å²) in [5.41, 5.74) is 4.01. The maximum Gasteiger partial charge on any atom is 0.354 e. The largest absolute Gasteiger partial charge is 0.477 e. The van der Waals surface area contributed by atoms with Crippen molar-refractivity contribution < 1.29 is 9.90 Å². The molecule has 0 amide bonds. The van der Waals surface area contributed by atoms with Crippen molar-refractivity contribution >= 4 is 5.97 Å². The molecule has 1 aromatic heterocycles. The molecule has 3 rings (SSSR count). The number of hydrogen-bond acceptors (Lipinski definition) is 2. The molecule has 4 heteroatoms. The summed E-state index contributed by atoms with van der Waals surface area (Å²) < 4.78 is 1.38. The fourth-order valence-corrected chi connectivity index (χ4v) is 2.27. The molecule has 0 unspecified atom stereocenters. The average molecular weight is 278 g/mol. The van der Waals surface area contributed by atoms with Gasteiger partial charge >= 0.3 is 5.97 Å². The minimum absolute atomic E-state index is 0.178. The molecular formula is C17H14N2O2. The van der Waals surface area contributed by atoms with E-state index in [4.69, 9.17) is 5.11 Å². The molecule has 0 bridgehead atoms.